The van der Waals surface area contributed by atoms with Crippen molar-refractivity contribution in [3.05, 3.63) is 44.7 Å². The third-order valence-corrected chi connectivity index (χ3v) is 5.29. The molecular weight excluding hydrogens is 380 g/mol. The molecule has 1 aromatic heterocycles. The molecule has 0 saturated carbocycles. The van der Waals surface area contributed by atoms with Crippen molar-refractivity contribution in [2.45, 2.75) is 19.3 Å². The summed E-state index contributed by atoms with van der Waals surface area (Å²) in [5.41, 5.74) is 6.92. The van der Waals surface area contributed by atoms with E-state index in [1.165, 1.54) is 11.3 Å². The Morgan fingerprint density at radius 3 is 2.91 bits per heavy atom. The molecule has 2 aromatic rings. The molecule has 2 amide bonds. The number of fused-ring (bicyclic) bond motifs is 1. The Hall–Kier alpha value is -1.86. The number of benzene rings is 1. The van der Waals surface area contributed by atoms with Crippen molar-refractivity contribution in [2.75, 3.05) is 11.9 Å². The van der Waals surface area contributed by atoms with Gasteiger partial charge in [-0.3, -0.25) is 9.59 Å². The van der Waals surface area contributed by atoms with E-state index >= 15 is 0 Å². The van der Waals surface area contributed by atoms with Gasteiger partial charge in [-0.15, -0.1) is 11.3 Å². The highest BCUT2D eigenvalue weighted by atomic mass is 79.9. The van der Waals surface area contributed by atoms with Crippen LogP contribution < -0.4 is 15.8 Å². The normalized spacial score (nSPS) is 12.7. The summed E-state index contributed by atoms with van der Waals surface area (Å²) in [5.74, 6) is -0.210. The van der Waals surface area contributed by atoms with Crippen molar-refractivity contribution >= 4 is 44.1 Å². The molecule has 0 bridgehead atoms. The molecule has 0 saturated heterocycles. The SMILES string of the molecule is NC(=O)c1c(NC(=O)COc2cccc(Br)c2)sc2c1CCC2. The van der Waals surface area contributed by atoms with Gasteiger partial charge in [-0.2, -0.15) is 0 Å². The highest BCUT2D eigenvalue weighted by molar-refractivity contribution is 9.10. The number of hydrogen-bond donors (Lipinski definition) is 2. The van der Waals surface area contributed by atoms with Crippen molar-refractivity contribution in [1.82, 2.24) is 0 Å². The first-order chi connectivity index (χ1) is 11.0. The van der Waals surface area contributed by atoms with E-state index in [0.29, 0.717) is 16.3 Å². The van der Waals surface area contributed by atoms with E-state index < -0.39 is 5.91 Å². The van der Waals surface area contributed by atoms with Crippen LogP contribution in [0.1, 0.15) is 27.2 Å². The lowest BCUT2D eigenvalue weighted by molar-refractivity contribution is -0.118. The predicted molar refractivity (Wildman–Crippen MR) is 93.1 cm³/mol. The van der Waals surface area contributed by atoms with E-state index in [4.69, 9.17) is 10.5 Å². The number of primary amides is 1. The Morgan fingerprint density at radius 2 is 2.17 bits per heavy atom. The van der Waals surface area contributed by atoms with E-state index in [-0.39, 0.29) is 12.5 Å². The summed E-state index contributed by atoms with van der Waals surface area (Å²) >= 11 is 4.78. The topological polar surface area (TPSA) is 81.4 Å². The summed E-state index contributed by atoms with van der Waals surface area (Å²) in [7, 11) is 0. The number of nitrogens with one attached hydrogen (secondary N) is 1. The largest absolute Gasteiger partial charge is 0.484 e. The fourth-order valence-electron chi connectivity index (χ4n) is 2.62. The molecule has 3 N–H and O–H groups in total. The van der Waals surface area contributed by atoms with Crippen molar-refractivity contribution in [3.8, 4) is 5.75 Å². The number of aryl methyl sites for hydroxylation is 1. The number of ether oxygens (including phenoxy) is 1. The molecule has 0 fully saturated rings. The van der Waals surface area contributed by atoms with E-state index in [1.54, 1.807) is 12.1 Å². The first-order valence-corrected chi connectivity index (χ1v) is 8.78. The van der Waals surface area contributed by atoms with Gasteiger partial charge in [0.2, 0.25) is 0 Å². The van der Waals surface area contributed by atoms with Gasteiger partial charge in [0.25, 0.3) is 11.8 Å². The number of amides is 2. The van der Waals surface area contributed by atoms with E-state index in [1.807, 2.05) is 12.1 Å². The Kier molecular flexibility index (Phi) is 4.68. The maximum atomic E-state index is 12.1. The van der Waals surface area contributed by atoms with Crippen LogP contribution in [-0.2, 0) is 17.6 Å². The zero-order valence-electron chi connectivity index (χ0n) is 12.2. The first-order valence-electron chi connectivity index (χ1n) is 7.17. The molecule has 1 aliphatic rings. The number of rotatable bonds is 5. The van der Waals surface area contributed by atoms with Gasteiger partial charge < -0.3 is 15.8 Å². The van der Waals surface area contributed by atoms with Gasteiger partial charge in [0.1, 0.15) is 10.8 Å². The zero-order valence-corrected chi connectivity index (χ0v) is 14.6. The average molecular weight is 395 g/mol. The molecule has 0 unspecified atom stereocenters. The summed E-state index contributed by atoms with van der Waals surface area (Å²) < 4.78 is 6.32. The van der Waals surface area contributed by atoms with E-state index in [9.17, 15) is 9.59 Å². The van der Waals surface area contributed by atoms with Gasteiger partial charge in [-0.05, 0) is 43.0 Å². The van der Waals surface area contributed by atoms with Crippen LogP contribution >= 0.6 is 27.3 Å². The second-order valence-electron chi connectivity index (χ2n) is 5.22. The lowest BCUT2D eigenvalue weighted by atomic mass is 10.1. The maximum Gasteiger partial charge on any atom is 0.262 e. The van der Waals surface area contributed by atoms with Crippen LogP contribution in [0.25, 0.3) is 0 Å². The lowest BCUT2D eigenvalue weighted by Crippen LogP contribution is -2.22. The average Bonchev–Trinajstić information content (AvgIpc) is 3.05. The van der Waals surface area contributed by atoms with Crippen LogP contribution in [0, 0.1) is 0 Å². The summed E-state index contributed by atoms with van der Waals surface area (Å²) in [6.07, 6.45) is 2.81. The quantitative estimate of drug-likeness (QED) is 0.816. The Morgan fingerprint density at radius 1 is 1.35 bits per heavy atom. The Labute approximate surface area is 146 Å². The van der Waals surface area contributed by atoms with Gasteiger partial charge in [0.05, 0.1) is 5.56 Å². The molecular formula is C16H15BrN2O3S. The highest BCUT2D eigenvalue weighted by Gasteiger charge is 2.26. The van der Waals surface area contributed by atoms with Crippen LogP contribution in [0.4, 0.5) is 5.00 Å². The molecule has 7 heteroatoms. The number of anilines is 1. The van der Waals surface area contributed by atoms with Gasteiger partial charge in [0.15, 0.2) is 6.61 Å². The van der Waals surface area contributed by atoms with Crippen LogP contribution in [-0.4, -0.2) is 18.4 Å². The summed E-state index contributed by atoms with van der Waals surface area (Å²) in [6, 6.07) is 7.25. The first kappa shape index (κ1) is 16.0. The molecule has 1 aromatic carbocycles. The third kappa shape index (κ3) is 3.56. The zero-order chi connectivity index (χ0) is 16.4. The number of halogens is 1. The molecule has 1 aliphatic carbocycles. The summed E-state index contributed by atoms with van der Waals surface area (Å²) in [5, 5.41) is 3.28. The van der Waals surface area contributed by atoms with Crippen molar-refractivity contribution < 1.29 is 14.3 Å². The fourth-order valence-corrected chi connectivity index (χ4v) is 4.31. The molecule has 0 aliphatic heterocycles. The van der Waals surface area contributed by atoms with Crippen LogP contribution in [0.5, 0.6) is 5.75 Å². The molecule has 5 nitrogen and oxygen atoms in total. The monoisotopic (exact) mass is 394 g/mol. The molecule has 3 rings (SSSR count). The van der Waals surface area contributed by atoms with Gasteiger partial charge in [-0.25, -0.2) is 0 Å². The molecule has 120 valence electrons. The van der Waals surface area contributed by atoms with Crippen LogP contribution in [0.2, 0.25) is 0 Å². The molecule has 0 radical (unpaired) electrons. The minimum atomic E-state index is -0.493. The Bertz CT molecular complexity index is 773. The van der Waals surface area contributed by atoms with Crippen molar-refractivity contribution in [3.63, 3.8) is 0 Å². The number of carbonyl (C=O) groups is 2. The lowest BCUT2D eigenvalue weighted by Gasteiger charge is -2.08. The van der Waals surface area contributed by atoms with Crippen molar-refractivity contribution in [2.24, 2.45) is 5.73 Å². The minimum absolute atomic E-state index is 0.128. The molecule has 0 spiro atoms. The Balaban J connectivity index is 1.68. The molecule has 1 heterocycles. The fraction of sp³-hybridized carbons (Fsp3) is 0.250. The smallest absolute Gasteiger partial charge is 0.262 e. The minimum Gasteiger partial charge on any atom is -0.484 e. The third-order valence-electron chi connectivity index (χ3n) is 3.59. The van der Waals surface area contributed by atoms with Crippen molar-refractivity contribution in [1.29, 1.82) is 0 Å². The number of carbonyl (C=O) groups excluding carboxylic acids is 2. The standard InChI is InChI=1S/C16H15BrN2O3S/c17-9-3-1-4-10(7-9)22-8-13(20)19-16-14(15(18)21)11-5-2-6-12(11)23-16/h1,3-4,7H,2,5-6,8H2,(H2,18,21)(H,19,20). The van der Waals surface area contributed by atoms with E-state index in [2.05, 4.69) is 21.2 Å². The number of thiophene rings is 1. The van der Waals surface area contributed by atoms with Gasteiger partial charge in [0, 0.05) is 9.35 Å². The van der Waals surface area contributed by atoms with Gasteiger partial charge in [-0.1, -0.05) is 22.0 Å². The molecule has 0 atom stereocenters. The summed E-state index contributed by atoms with van der Waals surface area (Å²) in [6.45, 7) is -0.128. The maximum absolute atomic E-state index is 12.1. The second-order valence-corrected chi connectivity index (χ2v) is 7.24. The molecule has 23 heavy (non-hydrogen) atoms. The van der Waals surface area contributed by atoms with Gasteiger partial charge >= 0.3 is 0 Å². The number of hydrogen-bond acceptors (Lipinski definition) is 4. The predicted octanol–water partition coefficient (Wildman–Crippen LogP) is 3.12. The summed E-state index contributed by atoms with van der Waals surface area (Å²) in [4.78, 5) is 24.9. The van der Waals surface area contributed by atoms with Crippen LogP contribution in [0.15, 0.2) is 28.7 Å². The number of nitrogens with two attached hydrogens (primary N) is 1. The second kappa shape index (κ2) is 6.72. The van der Waals surface area contributed by atoms with E-state index in [0.717, 1.165) is 34.2 Å². The van der Waals surface area contributed by atoms with Crippen LogP contribution in [0.3, 0.4) is 0 Å². The highest BCUT2D eigenvalue weighted by Crippen LogP contribution is 2.38.